The van der Waals surface area contributed by atoms with Gasteiger partial charge >= 0.3 is 0 Å². The van der Waals surface area contributed by atoms with Gasteiger partial charge in [-0.3, -0.25) is 0 Å². The van der Waals surface area contributed by atoms with Gasteiger partial charge in [-0.2, -0.15) is 0 Å². The summed E-state index contributed by atoms with van der Waals surface area (Å²) < 4.78 is 34.2. The van der Waals surface area contributed by atoms with Crippen LogP contribution in [0.25, 0.3) is 0 Å². The molecule has 2 aromatic rings. The van der Waals surface area contributed by atoms with Crippen LogP contribution >= 0.6 is 15.9 Å². The molecule has 1 atom stereocenters. The lowest BCUT2D eigenvalue weighted by atomic mass is 9.98. The van der Waals surface area contributed by atoms with E-state index >= 15 is 0 Å². The molecular weight excluding hydrogens is 402 g/mol. The minimum absolute atomic E-state index is 0.0367. The number of hydrogen-bond donors (Lipinski definition) is 1. The second-order valence-electron chi connectivity index (χ2n) is 6.46. The topological polar surface area (TPSA) is 55.4 Å². The lowest BCUT2D eigenvalue weighted by Gasteiger charge is -2.21. The molecule has 136 valence electrons. The molecule has 0 heterocycles. The highest BCUT2D eigenvalue weighted by Crippen LogP contribution is 2.25. The van der Waals surface area contributed by atoms with E-state index in [0.29, 0.717) is 5.92 Å². The Hall–Kier alpha value is -1.37. The summed E-state index contributed by atoms with van der Waals surface area (Å²) in [4.78, 5) is 0. The lowest BCUT2D eigenvalue weighted by Crippen LogP contribution is -2.30. The summed E-state index contributed by atoms with van der Waals surface area (Å²) in [6.45, 7) is 4.17. The summed E-state index contributed by atoms with van der Waals surface area (Å²) in [5, 5.41) is 0. The van der Waals surface area contributed by atoms with Crippen LogP contribution < -0.4 is 9.46 Å². The molecule has 0 unspecified atom stereocenters. The van der Waals surface area contributed by atoms with Crippen molar-refractivity contribution in [3.8, 4) is 5.75 Å². The van der Waals surface area contributed by atoms with Crippen LogP contribution in [0.3, 0.4) is 0 Å². The zero-order valence-corrected chi connectivity index (χ0v) is 17.1. The summed E-state index contributed by atoms with van der Waals surface area (Å²) in [6, 6.07) is 14.6. The molecule has 2 rings (SSSR count). The van der Waals surface area contributed by atoms with E-state index in [9.17, 15) is 8.42 Å². The fourth-order valence-electron chi connectivity index (χ4n) is 2.62. The molecule has 25 heavy (non-hydrogen) atoms. The Kier molecular flexibility index (Phi) is 7.04. The van der Waals surface area contributed by atoms with Crippen molar-refractivity contribution >= 4 is 26.0 Å². The van der Waals surface area contributed by atoms with Crippen LogP contribution in [0.15, 0.2) is 53.0 Å². The van der Waals surface area contributed by atoms with Gasteiger partial charge < -0.3 is 4.74 Å². The van der Waals surface area contributed by atoms with Gasteiger partial charge in [0.05, 0.1) is 12.9 Å². The predicted octanol–water partition coefficient (Wildman–Crippen LogP) is 4.66. The molecule has 0 aliphatic carbocycles. The number of sulfonamides is 1. The van der Waals surface area contributed by atoms with E-state index < -0.39 is 10.0 Å². The molecular formula is C19H24BrNO3S. The lowest BCUT2D eigenvalue weighted by molar-refractivity contribution is 0.414. The maximum Gasteiger partial charge on any atom is 0.216 e. The molecule has 0 saturated heterocycles. The molecule has 4 nitrogen and oxygen atoms in total. The highest BCUT2D eigenvalue weighted by atomic mass is 79.9. The third-order valence-electron chi connectivity index (χ3n) is 3.82. The van der Waals surface area contributed by atoms with Gasteiger partial charge in [0, 0.05) is 10.5 Å². The van der Waals surface area contributed by atoms with Crippen molar-refractivity contribution in [3.05, 3.63) is 64.1 Å². The summed E-state index contributed by atoms with van der Waals surface area (Å²) in [6.07, 6.45) is 0.728. The van der Waals surface area contributed by atoms with Crippen LogP contribution in [0.5, 0.6) is 5.75 Å². The van der Waals surface area contributed by atoms with Crippen LogP contribution in [0.4, 0.5) is 0 Å². The second-order valence-corrected chi connectivity index (χ2v) is 9.13. The number of methoxy groups -OCH3 is 1. The summed E-state index contributed by atoms with van der Waals surface area (Å²) >= 11 is 3.36. The van der Waals surface area contributed by atoms with Crippen LogP contribution in [0.1, 0.15) is 37.4 Å². The predicted molar refractivity (Wildman–Crippen MR) is 105 cm³/mol. The first kappa shape index (κ1) is 19.9. The third kappa shape index (κ3) is 6.45. The summed E-state index contributed by atoms with van der Waals surface area (Å²) in [5.74, 6) is 1.08. The van der Waals surface area contributed by atoms with E-state index in [-0.39, 0.29) is 11.8 Å². The van der Waals surface area contributed by atoms with E-state index in [1.54, 1.807) is 7.11 Å². The molecule has 2 aromatic carbocycles. The van der Waals surface area contributed by atoms with Gasteiger partial charge in [0.2, 0.25) is 10.0 Å². The molecule has 0 aliphatic heterocycles. The number of ether oxygens (including phenoxy) is 1. The van der Waals surface area contributed by atoms with Crippen molar-refractivity contribution < 1.29 is 13.2 Å². The van der Waals surface area contributed by atoms with Crippen LogP contribution in [0, 0.1) is 5.92 Å². The van der Waals surface area contributed by atoms with Crippen molar-refractivity contribution in [3.63, 3.8) is 0 Å². The Morgan fingerprint density at radius 1 is 1.04 bits per heavy atom. The van der Waals surface area contributed by atoms with Crippen molar-refractivity contribution in [1.82, 2.24) is 4.72 Å². The molecule has 0 radical (unpaired) electrons. The maximum atomic E-state index is 12.6. The number of halogens is 1. The fraction of sp³-hybridized carbons (Fsp3) is 0.368. The Labute approximate surface area is 158 Å². The molecule has 0 aliphatic rings. The van der Waals surface area contributed by atoms with Crippen molar-refractivity contribution in [2.75, 3.05) is 7.11 Å². The van der Waals surface area contributed by atoms with Gasteiger partial charge in [0.15, 0.2) is 0 Å². The normalized spacial score (nSPS) is 13.0. The van der Waals surface area contributed by atoms with Gasteiger partial charge in [-0.05, 0) is 47.7 Å². The quantitative estimate of drug-likeness (QED) is 0.668. The Morgan fingerprint density at radius 3 is 2.16 bits per heavy atom. The highest BCUT2D eigenvalue weighted by Gasteiger charge is 2.21. The molecule has 0 aromatic heterocycles. The molecule has 0 amide bonds. The van der Waals surface area contributed by atoms with Gasteiger partial charge in [0.25, 0.3) is 0 Å². The molecule has 0 spiro atoms. The number of hydrogen-bond acceptors (Lipinski definition) is 3. The van der Waals surface area contributed by atoms with Gasteiger partial charge in [-0.15, -0.1) is 0 Å². The molecule has 0 saturated carbocycles. The summed E-state index contributed by atoms with van der Waals surface area (Å²) in [7, 11) is -1.84. The standard InChI is InChI=1S/C19H24BrNO3S/c1-14(2)12-19(16-6-10-18(24-3)11-7-16)21-25(22,23)13-15-4-8-17(20)9-5-15/h4-11,14,19,21H,12-13H2,1-3H3/t19-/m1/s1. The zero-order chi connectivity index (χ0) is 18.4. The second kappa shape index (κ2) is 8.83. The van der Waals surface area contributed by atoms with Crippen molar-refractivity contribution in [2.45, 2.75) is 32.1 Å². The van der Waals surface area contributed by atoms with E-state index in [1.165, 1.54) is 0 Å². The average Bonchev–Trinajstić information content (AvgIpc) is 2.55. The van der Waals surface area contributed by atoms with Crippen LogP contribution in [-0.2, 0) is 15.8 Å². The smallest absolute Gasteiger partial charge is 0.216 e. The van der Waals surface area contributed by atoms with E-state index in [4.69, 9.17) is 4.74 Å². The van der Waals surface area contributed by atoms with Gasteiger partial charge in [-0.1, -0.05) is 54.0 Å². The summed E-state index contributed by atoms with van der Waals surface area (Å²) in [5.41, 5.74) is 1.70. The monoisotopic (exact) mass is 425 g/mol. The van der Waals surface area contributed by atoms with E-state index in [1.807, 2.05) is 48.5 Å². The van der Waals surface area contributed by atoms with E-state index in [0.717, 1.165) is 27.8 Å². The van der Waals surface area contributed by atoms with Gasteiger partial charge in [-0.25, -0.2) is 13.1 Å². The highest BCUT2D eigenvalue weighted by molar-refractivity contribution is 9.10. The first-order valence-electron chi connectivity index (χ1n) is 8.17. The zero-order valence-electron chi connectivity index (χ0n) is 14.7. The first-order valence-corrected chi connectivity index (χ1v) is 10.6. The fourth-order valence-corrected chi connectivity index (χ4v) is 4.26. The van der Waals surface area contributed by atoms with Crippen molar-refractivity contribution in [2.24, 2.45) is 5.92 Å². The molecule has 6 heteroatoms. The van der Waals surface area contributed by atoms with E-state index in [2.05, 4.69) is 34.5 Å². The maximum absolute atomic E-state index is 12.6. The number of benzene rings is 2. The Balaban J connectivity index is 2.17. The first-order chi connectivity index (χ1) is 11.8. The van der Waals surface area contributed by atoms with Crippen molar-refractivity contribution in [1.29, 1.82) is 0 Å². The largest absolute Gasteiger partial charge is 0.497 e. The van der Waals surface area contributed by atoms with Crippen LogP contribution in [-0.4, -0.2) is 15.5 Å². The average molecular weight is 426 g/mol. The Bertz CT molecular complexity index is 771. The van der Waals surface area contributed by atoms with Gasteiger partial charge in [0.1, 0.15) is 5.75 Å². The number of rotatable bonds is 8. The molecule has 0 fully saturated rings. The minimum atomic E-state index is -3.45. The number of nitrogens with one attached hydrogen (secondary N) is 1. The minimum Gasteiger partial charge on any atom is -0.497 e. The molecule has 0 bridgehead atoms. The third-order valence-corrected chi connectivity index (χ3v) is 5.70. The Morgan fingerprint density at radius 2 is 1.64 bits per heavy atom. The van der Waals surface area contributed by atoms with Crippen LogP contribution in [0.2, 0.25) is 0 Å². The molecule has 1 N–H and O–H groups in total. The SMILES string of the molecule is COc1ccc([C@@H](CC(C)C)NS(=O)(=O)Cc2ccc(Br)cc2)cc1.